The summed E-state index contributed by atoms with van der Waals surface area (Å²) in [6, 6.07) is 28.6. The highest BCUT2D eigenvalue weighted by Crippen LogP contribution is 2.50. The van der Waals surface area contributed by atoms with Gasteiger partial charge in [0, 0.05) is 15.8 Å². The van der Waals surface area contributed by atoms with Crippen LogP contribution in [0.5, 0.6) is 0 Å². The van der Waals surface area contributed by atoms with Crippen molar-refractivity contribution in [1.29, 1.82) is 0 Å². The lowest BCUT2D eigenvalue weighted by Crippen LogP contribution is -2.49. The maximum atomic E-state index is 8.64. The van der Waals surface area contributed by atoms with Crippen LogP contribution in [0.1, 0.15) is 34.6 Å². The first kappa shape index (κ1) is 15.1. The average molecular weight is 384 g/mol. The summed E-state index contributed by atoms with van der Waals surface area (Å²) in [6.45, 7) is 2.00. The van der Waals surface area contributed by atoms with Gasteiger partial charge < -0.3 is 4.90 Å². The zero-order valence-electron chi connectivity index (χ0n) is 19.9. The van der Waals surface area contributed by atoms with Crippen molar-refractivity contribution >= 4 is 5.69 Å². The van der Waals surface area contributed by atoms with Crippen molar-refractivity contribution < 1.29 is 4.11 Å². The molecule has 146 valence electrons. The first-order valence-corrected chi connectivity index (χ1v) is 10.3. The number of para-hydroxylation sites is 1. The molecule has 2 nitrogen and oxygen atoms in total. The Bertz CT molecular complexity index is 1080. The van der Waals surface area contributed by atoms with E-state index < -0.39 is 18.6 Å². The number of hydrogen-bond acceptors (Lipinski definition) is 2. The zero-order valence-corrected chi connectivity index (χ0v) is 16.9. The van der Waals surface area contributed by atoms with E-state index in [0.29, 0.717) is 0 Å². The first-order chi connectivity index (χ1) is 15.4. The number of rotatable bonds is 3. The summed E-state index contributed by atoms with van der Waals surface area (Å²) in [5.74, 6) is 0. The Labute approximate surface area is 178 Å². The molecule has 0 radical (unpaired) electrons. The minimum Gasteiger partial charge on any atom is -0.351 e. The van der Waals surface area contributed by atoms with Crippen LogP contribution in [-0.2, 0) is 5.54 Å². The van der Waals surface area contributed by atoms with E-state index in [4.69, 9.17) is 4.11 Å². The number of benzene rings is 3. The summed E-state index contributed by atoms with van der Waals surface area (Å²) in [7, 11) is 0. The van der Waals surface area contributed by atoms with Gasteiger partial charge in [0.15, 0.2) is 0 Å². The SMILES string of the molecule is [2H]C([2H])([2H])C1N(c2ccccc2C)[C@@H](C)C2C=CC(c3ccccc3)(c3ccccc3)N21. The molecule has 2 aliphatic rings. The lowest BCUT2D eigenvalue weighted by molar-refractivity contribution is 0.144. The molecule has 3 aromatic carbocycles. The molecule has 1 saturated heterocycles. The Balaban J connectivity index is 1.76. The quantitative estimate of drug-likeness (QED) is 0.533. The monoisotopic (exact) mass is 383 g/mol. The molecular weight excluding hydrogens is 352 g/mol. The van der Waals surface area contributed by atoms with Gasteiger partial charge in [-0.2, -0.15) is 0 Å². The minimum absolute atomic E-state index is 0.00655. The Hall–Kier alpha value is -2.84. The van der Waals surface area contributed by atoms with E-state index in [1.54, 1.807) is 0 Å². The lowest BCUT2D eigenvalue weighted by Gasteiger charge is -2.43. The highest BCUT2D eigenvalue weighted by Gasteiger charge is 2.55. The summed E-state index contributed by atoms with van der Waals surface area (Å²) in [5, 5.41) is 0. The molecule has 0 saturated carbocycles. The molecule has 5 rings (SSSR count). The second-order valence-corrected chi connectivity index (χ2v) is 8.06. The van der Waals surface area contributed by atoms with Gasteiger partial charge in [-0.05, 0) is 43.5 Å². The van der Waals surface area contributed by atoms with Gasteiger partial charge in [-0.15, -0.1) is 0 Å². The van der Waals surface area contributed by atoms with Crippen LogP contribution in [0.3, 0.4) is 0 Å². The van der Waals surface area contributed by atoms with Crippen molar-refractivity contribution in [2.24, 2.45) is 0 Å². The molecule has 0 aliphatic carbocycles. The zero-order chi connectivity index (χ0) is 22.5. The van der Waals surface area contributed by atoms with Gasteiger partial charge >= 0.3 is 0 Å². The van der Waals surface area contributed by atoms with E-state index in [1.807, 2.05) is 54.6 Å². The van der Waals surface area contributed by atoms with Crippen LogP contribution in [0.2, 0.25) is 0 Å². The third kappa shape index (κ3) is 2.59. The van der Waals surface area contributed by atoms with Crippen LogP contribution in [0.4, 0.5) is 5.69 Å². The number of nitrogens with zero attached hydrogens (tertiary/aromatic N) is 2. The predicted molar refractivity (Wildman–Crippen MR) is 121 cm³/mol. The molecule has 2 heteroatoms. The number of hydrogen-bond donors (Lipinski definition) is 0. The second kappa shape index (κ2) is 6.89. The average Bonchev–Trinajstić information content (AvgIpc) is 3.32. The molecule has 3 aromatic rings. The van der Waals surface area contributed by atoms with Gasteiger partial charge in [-0.25, -0.2) is 0 Å². The van der Waals surface area contributed by atoms with Gasteiger partial charge in [-0.3, -0.25) is 4.90 Å². The van der Waals surface area contributed by atoms with Crippen molar-refractivity contribution in [3.8, 4) is 0 Å². The molecule has 2 aliphatic heterocycles. The largest absolute Gasteiger partial charge is 0.351 e. The van der Waals surface area contributed by atoms with Gasteiger partial charge in [0.25, 0.3) is 0 Å². The van der Waals surface area contributed by atoms with Crippen molar-refractivity contribution in [2.75, 3.05) is 4.90 Å². The third-order valence-corrected chi connectivity index (χ3v) is 6.54. The molecule has 2 heterocycles. The molecule has 0 amide bonds. The Morgan fingerprint density at radius 1 is 0.828 bits per heavy atom. The molecule has 1 fully saturated rings. The predicted octanol–water partition coefficient (Wildman–Crippen LogP) is 5.73. The van der Waals surface area contributed by atoms with Crippen LogP contribution in [0.15, 0.2) is 97.1 Å². The summed E-state index contributed by atoms with van der Waals surface area (Å²) < 4.78 is 25.9. The van der Waals surface area contributed by atoms with E-state index in [-0.39, 0.29) is 12.1 Å². The summed E-state index contributed by atoms with van der Waals surface area (Å²) in [6.07, 6.45) is 3.66. The fourth-order valence-electron chi connectivity index (χ4n) is 5.17. The van der Waals surface area contributed by atoms with Crippen LogP contribution in [0.25, 0.3) is 0 Å². The van der Waals surface area contributed by atoms with Gasteiger partial charge in [0.05, 0.1) is 17.7 Å². The highest BCUT2D eigenvalue weighted by molar-refractivity contribution is 5.58. The highest BCUT2D eigenvalue weighted by atomic mass is 15.5. The van der Waals surface area contributed by atoms with Crippen LogP contribution >= 0.6 is 0 Å². The van der Waals surface area contributed by atoms with Gasteiger partial charge in [0.1, 0.15) is 0 Å². The Kier molecular flexibility index (Phi) is 3.58. The van der Waals surface area contributed by atoms with E-state index in [9.17, 15) is 0 Å². The standard InChI is InChI=1S/C27H28N2/c1-20-12-10-11-17-25(20)28-21(2)26-18-19-27(29(26)22(28)3,23-13-6-4-7-14-23)24-15-8-5-9-16-24/h4-19,21-22,26H,1-3H3/t21-,22?,26?/m0/s1/i3D3. The molecule has 29 heavy (non-hydrogen) atoms. The smallest absolute Gasteiger partial charge is 0.0924 e. The summed E-state index contributed by atoms with van der Waals surface area (Å²) in [4.78, 5) is 4.35. The maximum absolute atomic E-state index is 8.64. The van der Waals surface area contributed by atoms with Crippen LogP contribution in [0, 0.1) is 6.92 Å². The fourth-order valence-corrected chi connectivity index (χ4v) is 5.17. The Morgan fingerprint density at radius 3 is 2.00 bits per heavy atom. The minimum atomic E-state index is -2.20. The molecule has 0 spiro atoms. The molecule has 0 aromatic heterocycles. The molecule has 0 N–H and O–H groups in total. The van der Waals surface area contributed by atoms with E-state index in [1.165, 1.54) is 0 Å². The molecule has 3 atom stereocenters. The molecular formula is C27H28N2. The fraction of sp³-hybridized carbons (Fsp3) is 0.259. The molecule has 2 unspecified atom stereocenters. The van der Waals surface area contributed by atoms with Gasteiger partial charge in [-0.1, -0.05) is 91.0 Å². The number of anilines is 1. The van der Waals surface area contributed by atoms with Crippen molar-refractivity contribution in [1.82, 2.24) is 4.90 Å². The Morgan fingerprint density at radius 2 is 1.41 bits per heavy atom. The normalized spacial score (nSPS) is 27.3. The topological polar surface area (TPSA) is 6.48 Å². The van der Waals surface area contributed by atoms with E-state index >= 15 is 0 Å². The number of aryl methyl sites for hydroxylation is 1. The van der Waals surface area contributed by atoms with Crippen molar-refractivity contribution in [3.05, 3.63) is 114 Å². The number of fused-ring (bicyclic) bond motifs is 1. The van der Waals surface area contributed by atoms with Gasteiger partial charge in [0.2, 0.25) is 0 Å². The van der Waals surface area contributed by atoms with Crippen LogP contribution in [-0.4, -0.2) is 23.1 Å². The third-order valence-electron chi connectivity index (χ3n) is 6.54. The second-order valence-electron chi connectivity index (χ2n) is 8.06. The van der Waals surface area contributed by atoms with Crippen molar-refractivity contribution in [2.45, 2.75) is 44.5 Å². The first-order valence-electron chi connectivity index (χ1n) is 11.8. The molecule has 0 bridgehead atoms. The lowest BCUT2D eigenvalue weighted by atomic mass is 9.82. The van der Waals surface area contributed by atoms with E-state index in [2.05, 4.69) is 66.1 Å². The summed E-state index contributed by atoms with van der Waals surface area (Å²) in [5.41, 5.74) is 3.58. The summed E-state index contributed by atoms with van der Waals surface area (Å²) >= 11 is 0. The van der Waals surface area contributed by atoms with Crippen molar-refractivity contribution in [3.63, 3.8) is 0 Å². The maximum Gasteiger partial charge on any atom is 0.0924 e. The van der Waals surface area contributed by atoms with E-state index in [0.717, 1.165) is 22.4 Å². The van der Waals surface area contributed by atoms with Crippen LogP contribution < -0.4 is 4.90 Å².